The van der Waals surface area contributed by atoms with Crippen LogP contribution in [0.5, 0.6) is 5.75 Å². The van der Waals surface area contributed by atoms with Crippen LogP contribution >= 0.6 is 35.0 Å². The van der Waals surface area contributed by atoms with E-state index in [2.05, 4.69) is 40.6 Å². The maximum atomic E-state index is 9.23. The molecule has 108 valence electrons. The maximum Gasteiger partial charge on any atom is 0.124 e. The van der Waals surface area contributed by atoms with E-state index in [1.165, 1.54) is 0 Å². The Morgan fingerprint density at radius 3 is 2.74 bits per heavy atom. The molecule has 0 amide bonds. The smallest absolute Gasteiger partial charge is 0.124 e. The lowest BCUT2D eigenvalue weighted by atomic mass is 10.1. The molecule has 1 rings (SSSR count). The van der Waals surface area contributed by atoms with Crippen molar-refractivity contribution in [1.82, 2.24) is 5.32 Å². The molecule has 0 aliphatic heterocycles. The van der Waals surface area contributed by atoms with E-state index >= 15 is 0 Å². The van der Waals surface area contributed by atoms with Gasteiger partial charge in [0.1, 0.15) is 12.4 Å². The van der Waals surface area contributed by atoms with Crippen molar-refractivity contribution >= 4 is 35.0 Å². The molecule has 1 aromatic rings. The molecule has 0 aliphatic rings. The lowest BCUT2D eigenvalue weighted by Gasteiger charge is -2.24. The van der Waals surface area contributed by atoms with Gasteiger partial charge in [-0.2, -0.15) is 0 Å². The van der Waals surface area contributed by atoms with Gasteiger partial charge in [-0.3, -0.25) is 0 Å². The Bertz CT molecular complexity index is 410. The summed E-state index contributed by atoms with van der Waals surface area (Å²) in [5.74, 6) is 0.858. The monoisotopic (exact) mass is 397 g/mol. The fourth-order valence-corrected chi connectivity index (χ4v) is 1.92. The van der Waals surface area contributed by atoms with E-state index in [1.807, 2.05) is 26.0 Å². The summed E-state index contributed by atoms with van der Waals surface area (Å²) in [4.78, 5) is 0. The van der Waals surface area contributed by atoms with Crippen LogP contribution in [0.3, 0.4) is 0 Å². The number of aliphatic hydroxyl groups excluding tert-OH is 1. The highest BCUT2D eigenvalue weighted by Crippen LogP contribution is 2.22. The summed E-state index contributed by atoms with van der Waals surface area (Å²) in [7, 11) is 0. The Hall–Kier alpha value is -0.300. The van der Waals surface area contributed by atoms with Crippen molar-refractivity contribution in [2.75, 3.05) is 13.2 Å². The highest BCUT2D eigenvalue weighted by atomic mass is 127. The number of hydrogen-bond acceptors (Lipinski definition) is 3. The lowest BCUT2D eigenvalue weighted by Crippen LogP contribution is -2.42. The predicted octanol–water partition coefficient (Wildman–Crippen LogP) is 3.14. The van der Waals surface area contributed by atoms with Crippen LogP contribution in [0.4, 0.5) is 0 Å². The Morgan fingerprint density at radius 2 is 2.16 bits per heavy atom. The Morgan fingerprint density at radius 1 is 1.47 bits per heavy atom. The summed E-state index contributed by atoms with van der Waals surface area (Å²) in [5.41, 5.74) is 0.794. The first-order valence-electron chi connectivity index (χ1n) is 5.86. The third kappa shape index (κ3) is 6.61. The highest BCUT2D eigenvalue weighted by molar-refractivity contribution is 14.1. The van der Waals surface area contributed by atoms with Gasteiger partial charge >= 0.3 is 0 Å². The van der Waals surface area contributed by atoms with Crippen molar-refractivity contribution < 1.29 is 9.84 Å². The fraction of sp³-hybridized carbons (Fsp3) is 0.429. The van der Waals surface area contributed by atoms with Gasteiger partial charge in [0.25, 0.3) is 0 Å². The predicted molar refractivity (Wildman–Crippen MR) is 90.1 cm³/mol. The standard InChI is InChI=1S/C14H20INO2.ClH/c1-4-7-18-13-6-5-12(15)8-11(13)9-16-14(2,3)10-17;/h4-6,8,16-17H,1,7,9-10H2,2-3H3;1H. The first-order valence-corrected chi connectivity index (χ1v) is 6.94. The van der Waals surface area contributed by atoms with E-state index in [0.29, 0.717) is 13.2 Å². The molecule has 0 fully saturated rings. The van der Waals surface area contributed by atoms with Crippen molar-refractivity contribution in [3.63, 3.8) is 0 Å². The van der Waals surface area contributed by atoms with Crippen LogP contribution in [0.15, 0.2) is 30.9 Å². The third-order valence-corrected chi connectivity index (χ3v) is 3.20. The second-order valence-corrected chi connectivity index (χ2v) is 5.99. The topological polar surface area (TPSA) is 41.5 Å². The van der Waals surface area contributed by atoms with Gasteiger partial charge < -0.3 is 15.2 Å². The zero-order valence-electron chi connectivity index (χ0n) is 11.3. The van der Waals surface area contributed by atoms with Crippen LogP contribution in [-0.4, -0.2) is 23.9 Å². The number of benzene rings is 1. The molecule has 0 saturated heterocycles. The molecule has 0 unspecified atom stereocenters. The largest absolute Gasteiger partial charge is 0.489 e. The number of ether oxygens (including phenoxy) is 1. The average Bonchev–Trinajstić information content (AvgIpc) is 2.35. The minimum atomic E-state index is -0.295. The number of hydrogen-bond donors (Lipinski definition) is 2. The molecule has 5 heteroatoms. The van der Waals surface area contributed by atoms with Crippen molar-refractivity contribution in [3.05, 3.63) is 40.0 Å². The summed E-state index contributed by atoms with van der Waals surface area (Å²) < 4.78 is 6.78. The van der Waals surface area contributed by atoms with Crippen LogP contribution in [0, 0.1) is 3.57 Å². The second kappa shape index (κ2) is 8.79. The third-order valence-electron chi connectivity index (χ3n) is 2.53. The van der Waals surface area contributed by atoms with Crippen molar-refractivity contribution in [2.24, 2.45) is 0 Å². The van der Waals surface area contributed by atoms with Crippen LogP contribution in [0.2, 0.25) is 0 Å². The molecule has 0 saturated carbocycles. The molecule has 19 heavy (non-hydrogen) atoms. The van der Waals surface area contributed by atoms with E-state index in [-0.39, 0.29) is 24.6 Å². The lowest BCUT2D eigenvalue weighted by molar-refractivity contribution is 0.187. The van der Waals surface area contributed by atoms with Crippen LogP contribution in [0.1, 0.15) is 19.4 Å². The fourth-order valence-electron chi connectivity index (χ4n) is 1.37. The maximum absolute atomic E-state index is 9.23. The van der Waals surface area contributed by atoms with E-state index in [9.17, 15) is 5.11 Å². The number of halogens is 2. The minimum absolute atomic E-state index is 0. The normalized spacial score (nSPS) is 10.7. The van der Waals surface area contributed by atoms with Crippen molar-refractivity contribution in [1.29, 1.82) is 0 Å². The summed E-state index contributed by atoms with van der Waals surface area (Å²) >= 11 is 2.28. The quantitative estimate of drug-likeness (QED) is 0.549. The SMILES string of the molecule is C=CCOc1ccc(I)cc1CNC(C)(C)CO.Cl. The second-order valence-electron chi connectivity index (χ2n) is 4.75. The van der Waals surface area contributed by atoms with E-state index in [1.54, 1.807) is 6.08 Å². The number of nitrogens with one attached hydrogen (secondary N) is 1. The van der Waals surface area contributed by atoms with E-state index in [4.69, 9.17) is 4.74 Å². The molecule has 0 aliphatic carbocycles. The molecular weight excluding hydrogens is 377 g/mol. The molecule has 0 spiro atoms. The van der Waals surface area contributed by atoms with Gasteiger partial charge in [-0.25, -0.2) is 0 Å². The first kappa shape index (κ1) is 18.7. The van der Waals surface area contributed by atoms with E-state index in [0.717, 1.165) is 14.9 Å². The van der Waals surface area contributed by atoms with Crippen molar-refractivity contribution in [3.8, 4) is 5.75 Å². The Balaban J connectivity index is 0.00000324. The minimum Gasteiger partial charge on any atom is -0.489 e. The van der Waals surface area contributed by atoms with Gasteiger partial charge in [0, 0.05) is 21.2 Å². The van der Waals surface area contributed by atoms with Gasteiger partial charge in [-0.15, -0.1) is 12.4 Å². The number of rotatable bonds is 7. The van der Waals surface area contributed by atoms with Gasteiger partial charge in [0.05, 0.1) is 6.61 Å². The summed E-state index contributed by atoms with van der Waals surface area (Å²) in [6.45, 7) is 8.83. The zero-order valence-corrected chi connectivity index (χ0v) is 14.3. The Labute approximate surface area is 135 Å². The molecule has 0 atom stereocenters. The van der Waals surface area contributed by atoms with E-state index < -0.39 is 0 Å². The molecule has 0 radical (unpaired) electrons. The summed E-state index contributed by atoms with van der Waals surface area (Å²) in [6.07, 6.45) is 1.73. The molecule has 0 heterocycles. The number of aliphatic hydroxyl groups is 1. The first-order chi connectivity index (χ1) is 8.48. The molecular formula is C14H21ClINO2. The van der Waals surface area contributed by atoms with Crippen LogP contribution in [-0.2, 0) is 6.54 Å². The zero-order chi connectivity index (χ0) is 13.6. The summed E-state index contributed by atoms with van der Waals surface area (Å²) in [6, 6.07) is 6.06. The Kier molecular flexibility index (Phi) is 8.65. The highest BCUT2D eigenvalue weighted by Gasteiger charge is 2.16. The van der Waals surface area contributed by atoms with Gasteiger partial charge in [-0.1, -0.05) is 12.7 Å². The van der Waals surface area contributed by atoms with Gasteiger partial charge in [0.15, 0.2) is 0 Å². The van der Waals surface area contributed by atoms with Gasteiger partial charge in [0.2, 0.25) is 0 Å². The van der Waals surface area contributed by atoms with Gasteiger partial charge in [-0.05, 0) is 54.6 Å². The summed E-state index contributed by atoms with van der Waals surface area (Å²) in [5, 5.41) is 12.5. The van der Waals surface area contributed by atoms with Crippen LogP contribution in [0.25, 0.3) is 0 Å². The molecule has 2 N–H and O–H groups in total. The molecule has 0 bridgehead atoms. The molecule has 3 nitrogen and oxygen atoms in total. The molecule has 0 aromatic heterocycles. The molecule has 1 aromatic carbocycles. The van der Waals surface area contributed by atoms with Crippen LogP contribution < -0.4 is 10.1 Å². The average molecular weight is 398 g/mol. The van der Waals surface area contributed by atoms with Crippen molar-refractivity contribution in [2.45, 2.75) is 25.9 Å².